The molecule has 6 nitrogen and oxygen atoms in total. The second-order valence-corrected chi connectivity index (χ2v) is 8.40. The molecule has 1 aliphatic rings. The molecule has 1 N–H and O–H groups in total. The normalized spacial score (nSPS) is 19.0. The lowest BCUT2D eigenvalue weighted by Gasteiger charge is -2.44. The van der Waals surface area contributed by atoms with Gasteiger partial charge in [0.1, 0.15) is 0 Å². The van der Waals surface area contributed by atoms with Crippen LogP contribution >= 0.6 is 0 Å². The van der Waals surface area contributed by atoms with E-state index in [4.69, 9.17) is 5.11 Å². The minimum atomic E-state index is -0.918. The van der Waals surface area contributed by atoms with Gasteiger partial charge in [-0.05, 0) is 66.9 Å². The van der Waals surface area contributed by atoms with Crippen LogP contribution in [0.25, 0.3) is 11.1 Å². The standard InChI is InChI=1S/C26H27N3O3/c1-18-15-28(16-19(2)29(18)17-20-6-8-22(9-7-20)26(31)32)25(30)24-5-3-4-23(14-24)21-10-12-27-13-11-21/h3-14,18-19H,15-17H2,1-2H3,(H,31,32)/t18-,19+. The lowest BCUT2D eigenvalue weighted by molar-refractivity contribution is 0.0270. The van der Waals surface area contributed by atoms with Crippen molar-refractivity contribution in [2.75, 3.05) is 13.1 Å². The highest BCUT2D eigenvalue weighted by Crippen LogP contribution is 2.24. The summed E-state index contributed by atoms with van der Waals surface area (Å²) in [6.45, 7) is 6.29. The van der Waals surface area contributed by atoms with Crippen LogP contribution in [0.5, 0.6) is 0 Å². The molecule has 1 saturated heterocycles. The summed E-state index contributed by atoms with van der Waals surface area (Å²) in [5.41, 5.74) is 4.09. The van der Waals surface area contributed by atoms with Gasteiger partial charge in [-0.25, -0.2) is 4.79 Å². The Morgan fingerprint density at radius 1 is 0.906 bits per heavy atom. The van der Waals surface area contributed by atoms with E-state index in [9.17, 15) is 9.59 Å². The van der Waals surface area contributed by atoms with E-state index in [-0.39, 0.29) is 18.0 Å². The third kappa shape index (κ3) is 4.70. The maximum Gasteiger partial charge on any atom is 0.335 e. The van der Waals surface area contributed by atoms with Gasteiger partial charge in [0, 0.05) is 49.7 Å². The quantitative estimate of drug-likeness (QED) is 0.659. The Hall–Kier alpha value is -3.51. The first-order chi connectivity index (χ1) is 15.4. The summed E-state index contributed by atoms with van der Waals surface area (Å²) in [4.78, 5) is 32.7. The SMILES string of the molecule is C[C@@H]1CN(C(=O)c2cccc(-c3ccncc3)c2)C[C@H](C)N1Cc1ccc(C(=O)O)cc1. The molecule has 0 bridgehead atoms. The molecular formula is C26H27N3O3. The Kier molecular flexibility index (Phi) is 6.32. The molecule has 1 amide bonds. The number of piperazine rings is 1. The lowest BCUT2D eigenvalue weighted by Crippen LogP contribution is -2.57. The van der Waals surface area contributed by atoms with Crippen molar-refractivity contribution in [1.29, 1.82) is 0 Å². The molecule has 2 atom stereocenters. The van der Waals surface area contributed by atoms with Crippen molar-refractivity contribution >= 4 is 11.9 Å². The van der Waals surface area contributed by atoms with E-state index < -0.39 is 5.97 Å². The third-order valence-electron chi connectivity index (χ3n) is 6.08. The van der Waals surface area contributed by atoms with Crippen LogP contribution in [0.2, 0.25) is 0 Å². The fraction of sp³-hybridized carbons (Fsp3) is 0.269. The summed E-state index contributed by atoms with van der Waals surface area (Å²) in [6, 6.07) is 19.0. The monoisotopic (exact) mass is 429 g/mol. The van der Waals surface area contributed by atoms with Gasteiger partial charge >= 0.3 is 5.97 Å². The topological polar surface area (TPSA) is 73.7 Å². The van der Waals surface area contributed by atoms with Crippen molar-refractivity contribution in [2.45, 2.75) is 32.5 Å². The average Bonchev–Trinajstić information content (AvgIpc) is 2.81. The molecule has 0 aliphatic carbocycles. The van der Waals surface area contributed by atoms with E-state index in [1.165, 1.54) is 0 Å². The van der Waals surface area contributed by atoms with Crippen LogP contribution in [0.4, 0.5) is 0 Å². The molecule has 2 aromatic carbocycles. The summed E-state index contributed by atoms with van der Waals surface area (Å²) >= 11 is 0. The summed E-state index contributed by atoms with van der Waals surface area (Å²) in [5, 5.41) is 9.09. The number of aromatic nitrogens is 1. The van der Waals surface area contributed by atoms with Gasteiger partial charge in [-0.1, -0.05) is 24.3 Å². The molecule has 164 valence electrons. The summed E-state index contributed by atoms with van der Waals surface area (Å²) in [6.07, 6.45) is 3.50. The second-order valence-electron chi connectivity index (χ2n) is 8.40. The number of carboxylic acids is 1. The second kappa shape index (κ2) is 9.32. The Labute approximate surface area is 188 Å². The summed E-state index contributed by atoms with van der Waals surface area (Å²) < 4.78 is 0. The van der Waals surface area contributed by atoms with Crippen LogP contribution in [0.3, 0.4) is 0 Å². The molecule has 0 saturated carbocycles. The Balaban J connectivity index is 1.45. The molecule has 0 spiro atoms. The van der Waals surface area contributed by atoms with Crippen LogP contribution in [0, 0.1) is 0 Å². The van der Waals surface area contributed by atoms with Gasteiger partial charge in [0.2, 0.25) is 0 Å². The molecule has 4 rings (SSSR count). The molecule has 1 aliphatic heterocycles. The average molecular weight is 430 g/mol. The van der Waals surface area contributed by atoms with Gasteiger partial charge in [-0.3, -0.25) is 14.7 Å². The van der Waals surface area contributed by atoms with Gasteiger partial charge in [0.25, 0.3) is 5.91 Å². The molecule has 2 heterocycles. The van der Waals surface area contributed by atoms with Gasteiger partial charge < -0.3 is 10.0 Å². The largest absolute Gasteiger partial charge is 0.478 e. The number of pyridine rings is 1. The van der Waals surface area contributed by atoms with Gasteiger partial charge in [-0.2, -0.15) is 0 Å². The molecule has 32 heavy (non-hydrogen) atoms. The van der Waals surface area contributed by atoms with E-state index in [1.807, 2.05) is 53.4 Å². The molecular weight excluding hydrogens is 402 g/mol. The maximum atomic E-state index is 13.3. The van der Waals surface area contributed by atoms with E-state index in [0.29, 0.717) is 24.2 Å². The van der Waals surface area contributed by atoms with Crippen LogP contribution in [-0.2, 0) is 6.54 Å². The predicted molar refractivity (Wildman–Crippen MR) is 123 cm³/mol. The van der Waals surface area contributed by atoms with E-state index in [0.717, 1.165) is 23.2 Å². The Morgan fingerprint density at radius 2 is 1.56 bits per heavy atom. The van der Waals surface area contributed by atoms with Crippen LogP contribution in [0.15, 0.2) is 73.1 Å². The Morgan fingerprint density at radius 3 is 2.19 bits per heavy atom. The van der Waals surface area contributed by atoms with Crippen molar-refractivity contribution in [2.24, 2.45) is 0 Å². The highest BCUT2D eigenvalue weighted by Gasteiger charge is 2.32. The van der Waals surface area contributed by atoms with Crippen molar-refractivity contribution in [1.82, 2.24) is 14.8 Å². The molecule has 0 unspecified atom stereocenters. The van der Waals surface area contributed by atoms with Crippen LogP contribution in [0.1, 0.15) is 40.1 Å². The molecule has 1 aromatic heterocycles. The zero-order chi connectivity index (χ0) is 22.7. The Bertz CT molecular complexity index is 1090. The minimum Gasteiger partial charge on any atom is -0.478 e. The number of hydrogen-bond donors (Lipinski definition) is 1. The van der Waals surface area contributed by atoms with Crippen molar-refractivity contribution in [3.8, 4) is 11.1 Å². The summed E-state index contributed by atoms with van der Waals surface area (Å²) in [7, 11) is 0. The summed E-state index contributed by atoms with van der Waals surface area (Å²) in [5.74, 6) is -0.872. The van der Waals surface area contributed by atoms with Gasteiger partial charge in [-0.15, -0.1) is 0 Å². The minimum absolute atomic E-state index is 0.0464. The third-order valence-corrected chi connectivity index (χ3v) is 6.08. The fourth-order valence-electron chi connectivity index (χ4n) is 4.36. The number of aromatic carboxylic acids is 1. The fourth-order valence-corrected chi connectivity index (χ4v) is 4.36. The zero-order valence-corrected chi connectivity index (χ0v) is 18.3. The first-order valence-electron chi connectivity index (χ1n) is 10.8. The van der Waals surface area contributed by atoms with Crippen molar-refractivity contribution < 1.29 is 14.7 Å². The molecule has 0 radical (unpaired) electrons. The van der Waals surface area contributed by atoms with Crippen molar-refractivity contribution in [3.05, 3.63) is 89.7 Å². The van der Waals surface area contributed by atoms with Gasteiger partial charge in [0.05, 0.1) is 5.56 Å². The van der Waals surface area contributed by atoms with Crippen LogP contribution < -0.4 is 0 Å². The number of benzene rings is 2. The van der Waals surface area contributed by atoms with E-state index in [1.54, 1.807) is 24.5 Å². The predicted octanol–water partition coefficient (Wildman–Crippen LogP) is 4.18. The zero-order valence-electron chi connectivity index (χ0n) is 18.3. The number of carboxylic acid groups (broad SMARTS) is 1. The first kappa shape index (κ1) is 21.7. The number of amides is 1. The number of carbonyl (C=O) groups excluding carboxylic acids is 1. The van der Waals surface area contributed by atoms with E-state index in [2.05, 4.69) is 23.7 Å². The van der Waals surface area contributed by atoms with Crippen LogP contribution in [-0.4, -0.2) is 56.9 Å². The number of hydrogen-bond acceptors (Lipinski definition) is 4. The van der Waals surface area contributed by atoms with Crippen molar-refractivity contribution in [3.63, 3.8) is 0 Å². The molecule has 1 fully saturated rings. The number of nitrogens with zero attached hydrogens (tertiary/aromatic N) is 3. The smallest absolute Gasteiger partial charge is 0.335 e. The number of rotatable bonds is 5. The van der Waals surface area contributed by atoms with E-state index >= 15 is 0 Å². The maximum absolute atomic E-state index is 13.3. The number of carbonyl (C=O) groups is 2. The lowest BCUT2D eigenvalue weighted by atomic mass is 10.0. The molecule has 6 heteroatoms. The first-order valence-corrected chi connectivity index (χ1v) is 10.8. The molecule has 3 aromatic rings. The highest BCUT2D eigenvalue weighted by atomic mass is 16.4. The van der Waals surface area contributed by atoms with Gasteiger partial charge in [0.15, 0.2) is 0 Å². The highest BCUT2D eigenvalue weighted by molar-refractivity contribution is 5.95.